The van der Waals surface area contributed by atoms with Gasteiger partial charge < -0.3 is 5.32 Å². The monoisotopic (exact) mass is 341 g/mol. The molecule has 1 saturated heterocycles. The van der Waals surface area contributed by atoms with Gasteiger partial charge in [-0.15, -0.1) is 0 Å². The summed E-state index contributed by atoms with van der Waals surface area (Å²) >= 11 is 0. The summed E-state index contributed by atoms with van der Waals surface area (Å²) in [6.45, 7) is 6.81. The largest absolute Gasteiger partial charge is 0.350 e. The van der Waals surface area contributed by atoms with Gasteiger partial charge in [-0.2, -0.15) is 5.10 Å². The van der Waals surface area contributed by atoms with Gasteiger partial charge in [0.1, 0.15) is 0 Å². The van der Waals surface area contributed by atoms with Crippen molar-refractivity contribution in [2.75, 3.05) is 19.6 Å². The van der Waals surface area contributed by atoms with Gasteiger partial charge in [0.05, 0.1) is 17.8 Å². The highest BCUT2D eigenvalue weighted by Gasteiger charge is 2.23. The Morgan fingerprint density at radius 2 is 2.04 bits per heavy atom. The van der Waals surface area contributed by atoms with E-state index >= 15 is 0 Å². The van der Waals surface area contributed by atoms with E-state index in [9.17, 15) is 4.79 Å². The van der Waals surface area contributed by atoms with Crippen LogP contribution in [0.5, 0.6) is 0 Å². The number of amides is 1. The van der Waals surface area contributed by atoms with Crippen LogP contribution >= 0.6 is 0 Å². The van der Waals surface area contributed by atoms with Crippen LogP contribution in [-0.2, 0) is 0 Å². The van der Waals surface area contributed by atoms with E-state index in [1.54, 1.807) is 23.3 Å². The number of carbonyl (C=O) groups excluding carboxylic acids is 1. The summed E-state index contributed by atoms with van der Waals surface area (Å²) in [7, 11) is 0. The average molecular weight is 341 g/mol. The number of nitrogens with zero attached hydrogens (tertiary/aromatic N) is 4. The first-order valence-corrected chi connectivity index (χ1v) is 9.11. The molecular weight excluding hydrogens is 314 g/mol. The van der Waals surface area contributed by atoms with Crippen LogP contribution in [0.4, 0.5) is 0 Å². The lowest BCUT2D eigenvalue weighted by Gasteiger charge is -2.34. The smallest absolute Gasteiger partial charge is 0.254 e. The van der Waals surface area contributed by atoms with Gasteiger partial charge in [0, 0.05) is 31.2 Å². The summed E-state index contributed by atoms with van der Waals surface area (Å²) in [6.07, 6.45) is 10.8. The van der Waals surface area contributed by atoms with Crippen LogP contribution in [0, 0.1) is 0 Å². The summed E-state index contributed by atoms with van der Waals surface area (Å²) in [5.41, 5.74) is 1.76. The van der Waals surface area contributed by atoms with Gasteiger partial charge in [-0.25, -0.2) is 0 Å². The zero-order chi connectivity index (χ0) is 17.6. The Morgan fingerprint density at radius 3 is 2.68 bits per heavy atom. The van der Waals surface area contributed by atoms with E-state index in [-0.39, 0.29) is 18.0 Å². The topological polar surface area (TPSA) is 63.1 Å². The molecule has 1 amide bonds. The number of rotatable bonds is 6. The van der Waals surface area contributed by atoms with Crippen molar-refractivity contribution in [1.29, 1.82) is 0 Å². The van der Waals surface area contributed by atoms with E-state index in [0.29, 0.717) is 12.1 Å². The van der Waals surface area contributed by atoms with Gasteiger partial charge in [0.25, 0.3) is 5.91 Å². The summed E-state index contributed by atoms with van der Waals surface area (Å²) in [5, 5.41) is 7.33. The van der Waals surface area contributed by atoms with Gasteiger partial charge >= 0.3 is 0 Å². The van der Waals surface area contributed by atoms with Crippen molar-refractivity contribution in [2.45, 2.75) is 45.2 Å². The number of carbonyl (C=O) groups is 1. The second-order valence-electron chi connectivity index (χ2n) is 6.91. The molecule has 2 aromatic heterocycles. The highest BCUT2D eigenvalue weighted by Crippen LogP contribution is 2.23. The number of piperidine rings is 1. The lowest BCUT2D eigenvalue weighted by Crippen LogP contribution is -2.40. The molecule has 0 bridgehead atoms. The fraction of sp³-hybridized carbons (Fsp3) is 0.526. The molecule has 1 aliphatic heterocycles. The molecule has 3 heterocycles. The molecule has 25 heavy (non-hydrogen) atoms. The van der Waals surface area contributed by atoms with Gasteiger partial charge in [0.15, 0.2) is 0 Å². The summed E-state index contributed by atoms with van der Waals surface area (Å²) in [6, 6.07) is 4.46. The fourth-order valence-electron chi connectivity index (χ4n) is 3.29. The predicted molar refractivity (Wildman–Crippen MR) is 97.3 cm³/mol. The maximum atomic E-state index is 12.5. The van der Waals surface area contributed by atoms with E-state index in [0.717, 1.165) is 18.7 Å². The minimum absolute atomic E-state index is 0.0715. The minimum Gasteiger partial charge on any atom is -0.350 e. The van der Waals surface area contributed by atoms with Crippen molar-refractivity contribution in [3.8, 4) is 0 Å². The van der Waals surface area contributed by atoms with E-state index in [1.165, 1.54) is 19.3 Å². The van der Waals surface area contributed by atoms with Crippen LogP contribution in [0.2, 0.25) is 0 Å². The first-order valence-electron chi connectivity index (χ1n) is 9.11. The molecule has 1 atom stereocenters. The SMILES string of the molecule is CC(C)n1cc(C(=O)NC[C@@H](c2cccnc2)N2CCCCC2)cn1. The Hall–Kier alpha value is -2.21. The van der Waals surface area contributed by atoms with Crippen LogP contribution in [0.1, 0.15) is 61.1 Å². The molecule has 2 aromatic rings. The molecule has 6 heteroatoms. The summed E-state index contributed by atoms with van der Waals surface area (Å²) in [5.74, 6) is -0.0715. The van der Waals surface area contributed by atoms with E-state index in [1.807, 2.05) is 26.1 Å². The van der Waals surface area contributed by atoms with Gasteiger partial charge in [-0.3, -0.25) is 19.4 Å². The lowest BCUT2D eigenvalue weighted by molar-refractivity contribution is 0.0924. The molecule has 1 N–H and O–H groups in total. The first-order chi connectivity index (χ1) is 12.1. The van der Waals surface area contributed by atoms with Crippen LogP contribution in [0.3, 0.4) is 0 Å². The highest BCUT2D eigenvalue weighted by molar-refractivity contribution is 5.93. The Kier molecular flexibility index (Phi) is 5.81. The lowest BCUT2D eigenvalue weighted by atomic mass is 10.0. The number of hydrogen-bond donors (Lipinski definition) is 1. The van der Waals surface area contributed by atoms with Gasteiger partial charge in [0.2, 0.25) is 0 Å². The first kappa shape index (κ1) is 17.6. The third-order valence-corrected chi connectivity index (χ3v) is 4.75. The highest BCUT2D eigenvalue weighted by atomic mass is 16.1. The van der Waals surface area contributed by atoms with Gasteiger partial charge in [-0.05, 0) is 51.4 Å². The average Bonchev–Trinajstić information content (AvgIpc) is 3.14. The summed E-state index contributed by atoms with van der Waals surface area (Å²) < 4.78 is 1.80. The molecule has 134 valence electrons. The van der Waals surface area contributed by atoms with Crippen molar-refractivity contribution in [1.82, 2.24) is 25.0 Å². The number of pyridine rings is 1. The van der Waals surface area contributed by atoms with E-state index < -0.39 is 0 Å². The van der Waals surface area contributed by atoms with Crippen LogP contribution < -0.4 is 5.32 Å². The standard InChI is InChI=1S/C19H27N5O/c1-15(2)24-14-17(12-22-24)19(25)21-13-18(16-7-6-8-20-11-16)23-9-4-3-5-10-23/h6-8,11-12,14-15,18H,3-5,9-10,13H2,1-2H3,(H,21,25)/t18-/m0/s1. The molecular formula is C19H27N5O. The normalized spacial score (nSPS) is 16.8. The molecule has 0 unspecified atom stereocenters. The zero-order valence-corrected chi connectivity index (χ0v) is 15.1. The van der Waals surface area contributed by atoms with Crippen molar-refractivity contribution >= 4 is 5.91 Å². The molecule has 6 nitrogen and oxygen atoms in total. The van der Waals surface area contributed by atoms with Crippen LogP contribution in [-0.4, -0.2) is 45.2 Å². The Morgan fingerprint density at radius 1 is 1.24 bits per heavy atom. The van der Waals surface area contributed by atoms with Crippen molar-refractivity contribution in [3.05, 3.63) is 48.0 Å². The van der Waals surface area contributed by atoms with Crippen molar-refractivity contribution in [2.24, 2.45) is 0 Å². The molecule has 0 aliphatic carbocycles. The summed E-state index contributed by atoms with van der Waals surface area (Å²) in [4.78, 5) is 19.2. The number of aromatic nitrogens is 3. The Labute approximate surface area is 149 Å². The van der Waals surface area contributed by atoms with E-state index in [4.69, 9.17) is 0 Å². The second kappa shape index (κ2) is 8.25. The Bertz CT molecular complexity index is 676. The molecule has 3 rings (SSSR count). The zero-order valence-electron chi connectivity index (χ0n) is 15.1. The Balaban J connectivity index is 1.68. The maximum absolute atomic E-state index is 12.5. The predicted octanol–water partition coefficient (Wildman–Crippen LogP) is 2.82. The molecule has 0 radical (unpaired) electrons. The minimum atomic E-state index is -0.0715. The molecule has 1 fully saturated rings. The second-order valence-corrected chi connectivity index (χ2v) is 6.91. The number of likely N-dealkylation sites (tertiary alicyclic amines) is 1. The molecule has 0 spiro atoms. The van der Waals surface area contributed by atoms with E-state index in [2.05, 4.69) is 26.4 Å². The number of nitrogens with one attached hydrogen (secondary N) is 1. The molecule has 0 saturated carbocycles. The fourth-order valence-corrected chi connectivity index (χ4v) is 3.29. The van der Waals surface area contributed by atoms with Crippen molar-refractivity contribution in [3.63, 3.8) is 0 Å². The van der Waals surface area contributed by atoms with Crippen LogP contribution in [0.25, 0.3) is 0 Å². The maximum Gasteiger partial charge on any atom is 0.254 e. The van der Waals surface area contributed by atoms with Crippen LogP contribution in [0.15, 0.2) is 36.9 Å². The van der Waals surface area contributed by atoms with Crippen molar-refractivity contribution < 1.29 is 4.79 Å². The quantitative estimate of drug-likeness (QED) is 0.877. The molecule has 0 aromatic carbocycles. The number of hydrogen-bond acceptors (Lipinski definition) is 4. The molecule has 1 aliphatic rings. The third kappa shape index (κ3) is 4.45. The third-order valence-electron chi connectivity index (χ3n) is 4.75. The van der Waals surface area contributed by atoms with Gasteiger partial charge in [-0.1, -0.05) is 12.5 Å².